The minimum absolute atomic E-state index is 0.100. The van der Waals surface area contributed by atoms with E-state index >= 15 is 0 Å². The van der Waals surface area contributed by atoms with Gasteiger partial charge in [-0.1, -0.05) is 62.2 Å². The monoisotopic (exact) mass is 618 g/mol. The number of primary amides is 1. The molecule has 42 heavy (non-hydrogen) atoms. The van der Waals surface area contributed by atoms with Gasteiger partial charge in [-0.3, -0.25) is 9.59 Å². The van der Waals surface area contributed by atoms with Crippen LogP contribution in [-0.4, -0.2) is 32.0 Å². The number of hydrogen-bond donors (Lipinski definition) is 3. The Labute approximate surface area is 255 Å². The number of rotatable bonds is 6. The summed E-state index contributed by atoms with van der Waals surface area (Å²) in [6.45, 7) is 7.07. The van der Waals surface area contributed by atoms with Gasteiger partial charge >= 0.3 is 0 Å². The molecule has 1 saturated heterocycles. The van der Waals surface area contributed by atoms with Crippen LogP contribution in [0.2, 0.25) is 10.0 Å². The van der Waals surface area contributed by atoms with Gasteiger partial charge in [0.1, 0.15) is 17.4 Å². The van der Waals surface area contributed by atoms with Gasteiger partial charge in [-0.2, -0.15) is 5.26 Å². The second-order valence-electron chi connectivity index (χ2n) is 10.7. The molecule has 3 atom stereocenters. The van der Waals surface area contributed by atoms with Gasteiger partial charge in [-0.15, -0.1) is 0 Å². The van der Waals surface area contributed by atoms with Gasteiger partial charge in [0.05, 0.1) is 29.7 Å². The van der Waals surface area contributed by atoms with Crippen molar-refractivity contribution in [3.8, 4) is 11.8 Å². The number of nitriles is 1. The van der Waals surface area contributed by atoms with Crippen molar-refractivity contribution in [1.29, 1.82) is 5.26 Å². The zero-order valence-corrected chi connectivity index (χ0v) is 25.3. The predicted octanol–water partition coefficient (Wildman–Crippen LogP) is 6.95. The molecule has 0 radical (unpaired) electrons. The molecule has 3 aromatic rings. The lowest BCUT2D eigenvalue weighted by Crippen LogP contribution is -2.31. The summed E-state index contributed by atoms with van der Waals surface area (Å²) in [4.78, 5) is 21.1. The van der Waals surface area contributed by atoms with Crippen LogP contribution in [0, 0.1) is 34.3 Å². The molecule has 7 nitrogen and oxygen atoms in total. The highest BCUT2D eigenvalue weighted by Crippen LogP contribution is 2.38. The maximum atomic E-state index is 14.2. The van der Waals surface area contributed by atoms with Crippen molar-refractivity contribution in [2.45, 2.75) is 39.2 Å². The smallest absolute Gasteiger partial charge is 0.252 e. The van der Waals surface area contributed by atoms with E-state index in [-0.39, 0.29) is 39.7 Å². The fourth-order valence-electron chi connectivity index (χ4n) is 4.47. The largest absolute Gasteiger partial charge is 0.496 e. The van der Waals surface area contributed by atoms with Gasteiger partial charge in [0.25, 0.3) is 5.91 Å². The molecular weight excluding hydrogens is 585 g/mol. The van der Waals surface area contributed by atoms with Crippen molar-refractivity contribution in [1.82, 2.24) is 5.32 Å². The number of benzene rings is 3. The predicted molar refractivity (Wildman–Crippen MR) is 162 cm³/mol. The quantitative estimate of drug-likeness (QED) is 0.258. The van der Waals surface area contributed by atoms with Crippen molar-refractivity contribution in [2.24, 2.45) is 17.1 Å². The topological polar surface area (TPSA) is 117 Å². The van der Waals surface area contributed by atoms with Gasteiger partial charge in [0.2, 0.25) is 6.41 Å². The van der Waals surface area contributed by atoms with Gasteiger partial charge in [-0.25, -0.2) is 8.78 Å². The van der Waals surface area contributed by atoms with Crippen LogP contribution in [-0.2, 0) is 4.79 Å². The molecule has 1 aliphatic rings. The highest BCUT2D eigenvalue weighted by atomic mass is 35.5. The highest BCUT2D eigenvalue weighted by molar-refractivity contribution is 6.31. The molecule has 4 N–H and O–H groups in total. The Kier molecular flexibility index (Phi) is 13.2. The summed E-state index contributed by atoms with van der Waals surface area (Å²) >= 11 is 11.3. The molecule has 0 spiro atoms. The molecule has 1 aliphatic heterocycles. The standard InChI is InChI=1S/C16H20ClFN2.C9H10N2O3.C6H4ClF/c1-16(2,3)7-14-11(8-19)12(9-20-14)10-5-4-6-13(17)15(10)18;1-14-8-4-6(11-5-12)2-3-7(8)9(10)13;7-5-2-1-3-6(8)4-5/h4-6,11-12,14,20H,7,9H2,1-3H3;2-5H,1H3,(H2,10,13)(H,11,12);1-4H. The van der Waals surface area contributed by atoms with Crippen LogP contribution in [0.4, 0.5) is 14.5 Å². The minimum Gasteiger partial charge on any atom is -0.496 e. The molecule has 1 fully saturated rings. The Balaban J connectivity index is 0.000000242. The lowest BCUT2D eigenvalue weighted by molar-refractivity contribution is -0.105. The molecule has 11 heteroatoms. The van der Waals surface area contributed by atoms with Crippen LogP contribution in [0.1, 0.15) is 49.0 Å². The van der Waals surface area contributed by atoms with E-state index in [2.05, 4.69) is 37.5 Å². The first-order chi connectivity index (χ1) is 19.8. The number of halogens is 4. The molecule has 0 aromatic heterocycles. The van der Waals surface area contributed by atoms with Crippen molar-refractivity contribution in [3.05, 3.63) is 93.5 Å². The van der Waals surface area contributed by atoms with Crippen LogP contribution in [0.25, 0.3) is 0 Å². The van der Waals surface area contributed by atoms with E-state index in [1.807, 2.05) is 0 Å². The molecule has 0 bridgehead atoms. The Bertz CT molecular complexity index is 1390. The number of amides is 2. The number of anilines is 1. The summed E-state index contributed by atoms with van der Waals surface area (Å²) in [5.41, 5.74) is 6.61. The number of methoxy groups -OCH3 is 1. The van der Waals surface area contributed by atoms with Crippen molar-refractivity contribution in [2.75, 3.05) is 19.0 Å². The van der Waals surface area contributed by atoms with Crippen LogP contribution in [0.15, 0.2) is 60.7 Å². The third-order valence-electron chi connectivity index (χ3n) is 6.31. The maximum absolute atomic E-state index is 14.2. The van der Waals surface area contributed by atoms with Crippen molar-refractivity contribution in [3.63, 3.8) is 0 Å². The van der Waals surface area contributed by atoms with Gasteiger partial charge in [0.15, 0.2) is 0 Å². The second kappa shape index (κ2) is 16.1. The molecule has 4 rings (SSSR count). The number of ether oxygens (including phenoxy) is 1. The fraction of sp³-hybridized carbons (Fsp3) is 0.323. The van der Waals surface area contributed by atoms with E-state index in [1.165, 1.54) is 37.4 Å². The Morgan fingerprint density at radius 3 is 2.38 bits per heavy atom. The number of carbonyl (C=O) groups excluding carboxylic acids is 2. The van der Waals surface area contributed by atoms with Crippen LogP contribution < -0.4 is 21.1 Å². The molecule has 3 unspecified atom stereocenters. The summed E-state index contributed by atoms with van der Waals surface area (Å²) in [7, 11) is 1.42. The molecule has 0 aliphatic carbocycles. The average Bonchev–Trinajstić information content (AvgIpc) is 3.31. The van der Waals surface area contributed by atoms with Crippen LogP contribution in [0.3, 0.4) is 0 Å². The van der Waals surface area contributed by atoms with E-state index < -0.39 is 11.7 Å². The average molecular weight is 620 g/mol. The first-order valence-electron chi connectivity index (χ1n) is 13.0. The molecule has 3 aromatic carbocycles. The van der Waals surface area contributed by atoms with Gasteiger partial charge in [-0.05, 0) is 53.8 Å². The first-order valence-corrected chi connectivity index (χ1v) is 13.7. The second-order valence-corrected chi connectivity index (χ2v) is 11.5. The minimum atomic E-state index is -0.570. The Morgan fingerprint density at radius 1 is 1.17 bits per heavy atom. The zero-order chi connectivity index (χ0) is 31.4. The number of nitrogens with zero attached hydrogens (tertiary/aromatic N) is 1. The third kappa shape index (κ3) is 10.3. The van der Waals surface area contributed by atoms with Crippen LogP contribution >= 0.6 is 23.2 Å². The number of carbonyl (C=O) groups is 2. The van der Waals surface area contributed by atoms with E-state index in [1.54, 1.807) is 30.3 Å². The lowest BCUT2D eigenvalue weighted by atomic mass is 9.79. The molecule has 2 amide bonds. The third-order valence-corrected chi connectivity index (χ3v) is 6.84. The summed E-state index contributed by atoms with van der Waals surface area (Å²) in [6, 6.07) is 17.9. The Hall–Kier alpha value is -3.71. The number of hydrogen-bond acceptors (Lipinski definition) is 5. The first kappa shape index (κ1) is 34.5. The van der Waals surface area contributed by atoms with Gasteiger partial charge in [0, 0.05) is 35.3 Å². The zero-order valence-electron chi connectivity index (χ0n) is 23.8. The molecular formula is C31H34Cl2F2N4O3. The molecule has 0 saturated carbocycles. The van der Waals surface area contributed by atoms with E-state index in [0.717, 1.165) is 6.42 Å². The van der Waals surface area contributed by atoms with E-state index in [0.29, 0.717) is 35.0 Å². The number of nitrogens with two attached hydrogens (primary N) is 1. The SMILES string of the molecule is CC(C)(C)CC1NCC(c2cccc(Cl)c2F)C1C#N.COc1cc(NC=O)ccc1C(N)=O.Fc1cccc(Cl)c1. The Morgan fingerprint density at radius 2 is 1.86 bits per heavy atom. The van der Waals surface area contributed by atoms with E-state index in [9.17, 15) is 23.6 Å². The summed E-state index contributed by atoms with van der Waals surface area (Å²) in [6.07, 6.45) is 1.43. The summed E-state index contributed by atoms with van der Waals surface area (Å²) in [5.74, 6) is -1.27. The highest BCUT2D eigenvalue weighted by Gasteiger charge is 2.39. The fourth-order valence-corrected chi connectivity index (χ4v) is 4.83. The van der Waals surface area contributed by atoms with Crippen LogP contribution in [0.5, 0.6) is 5.75 Å². The summed E-state index contributed by atoms with van der Waals surface area (Å²) in [5, 5.41) is 15.9. The maximum Gasteiger partial charge on any atom is 0.252 e. The van der Waals surface area contributed by atoms with Crippen molar-refractivity contribution < 1.29 is 23.1 Å². The molecule has 1 heterocycles. The molecule has 224 valence electrons. The van der Waals surface area contributed by atoms with Crippen molar-refractivity contribution >= 4 is 41.2 Å². The lowest BCUT2D eigenvalue weighted by Gasteiger charge is -2.26. The van der Waals surface area contributed by atoms with Gasteiger partial charge < -0.3 is 21.1 Å². The van der Waals surface area contributed by atoms with E-state index in [4.69, 9.17) is 33.7 Å². The normalized spacial score (nSPS) is 17.5. The number of nitrogens with one attached hydrogen (secondary N) is 2. The summed E-state index contributed by atoms with van der Waals surface area (Å²) < 4.78 is 31.2.